The number of aromatic nitrogens is 2. The van der Waals surface area contributed by atoms with Crippen LogP contribution in [-0.4, -0.2) is 34.6 Å². The quantitative estimate of drug-likeness (QED) is 0.369. The third-order valence-corrected chi connectivity index (χ3v) is 6.75. The van der Waals surface area contributed by atoms with Crippen molar-refractivity contribution in [3.8, 4) is 11.3 Å². The zero-order chi connectivity index (χ0) is 23.1. The third kappa shape index (κ3) is 7.17. The van der Waals surface area contributed by atoms with Gasteiger partial charge in [0.05, 0.1) is 16.8 Å². The van der Waals surface area contributed by atoms with Crippen molar-refractivity contribution < 1.29 is 14.3 Å². The second kappa shape index (κ2) is 11.5. The highest BCUT2D eigenvalue weighted by Gasteiger charge is 2.25. The first-order valence-corrected chi connectivity index (χ1v) is 12.7. The highest BCUT2D eigenvalue weighted by molar-refractivity contribution is 9.10. The molecule has 0 amide bonds. The molecule has 1 fully saturated rings. The number of esters is 1. The van der Waals surface area contributed by atoms with E-state index in [1.165, 1.54) is 18.5 Å². The van der Waals surface area contributed by atoms with Gasteiger partial charge in [0.1, 0.15) is 17.9 Å². The van der Waals surface area contributed by atoms with Gasteiger partial charge in [-0.2, -0.15) is 5.10 Å². The van der Waals surface area contributed by atoms with Crippen molar-refractivity contribution in [2.24, 2.45) is 11.8 Å². The van der Waals surface area contributed by atoms with Gasteiger partial charge in [0, 0.05) is 12.1 Å². The maximum absolute atomic E-state index is 11.8. The smallest absolute Gasteiger partial charge is 0.332 e. The monoisotopic (exact) mass is 504 g/mol. The van der Waals surface area contributed by atoms with Crippen LogP contribution in [0.4, 0.5) is 0 Å². The first-order chi connectivity index (χ1) is 15.3. The Morgan fingerprint density at radius 2 is 1.78 bits per heavy atom. The van der Waals surface area contributed by atoms with Crippen molar-refractivity contribution in [2.45, 2.75) is 78.4 Å². The lowest BCUT2D eigenvalue weighted by Crippen LogP contribution is -2.28. The molecule has 0 spiro atoms. The molecule has 1 saturated carbocycles. The summed E-state index contributed by atoms with van der Waals surface area (Å²) in [6, 6.07) is 10.4. The van der Waals surface area contributed by atoms with Gasteiger partial charge >= 0.3 is 5.97 Å². The molecule has 5 nitrogen and oxygen atoms in total. The molecular formula is C26H37BrN2O3. The Bertz CT molecular complexity index is 865. The summed E-state index contributed by atoms with van der Waals surface area (Å²) >= 11 is 3.83. The molecule has 32 heavy (non-hydrogen) atoms. The van der Waals surface area contributed by atoms with Crippen LogP contribution >= 0.6 is 15.9 Å². The molecule has 0 atom stereocenters. The summed E-state index contributed by atoms with van der Waals surface area (Å²) in [7, 11) is 0. The van der Waals surface area contributed by atoms with Gasteiger partial charge in [-0.3, -0.25) is 4.68 Å². The van der Waals surface area contributed by atoms with Crippen LogP contribution in [0.15, 0.2) is 34.8 Å². The minimum Gasteiger partial charge on any atom is -0.458 e. The van der Waals surface area contributed by atoms with Gasteiger partial charge in [0.2, 0.25) is 0 Å². The number of benzene rings is 1. The molecule has 0 aliphatic heterocycles. The molecule has 1 aromatic carbocycles. The number of nitrogens with zero attached hydrogens (tertiary/aromatic N) is 2. The molecule has 6 heteroatoms. The van der Waals surface area contributed by atoms with E-state index in [-0.39, 0.29) is 12.6 Å². The maximum Gasteiger partial charge on any atom is 0.332 e. The standard InChI is InChI=1S/C26H37BrN2O3/c1-5-9-22-24(27)25(21-10-7-6-8-11-21)28-29(22)16-19-12-14-20(15-13-19)17-31-18-23(30)32-26(2,3)4/h6-8,10-11,19-20H,5,9,12-18H2,1-4H3/t19-,20-. The van der Waals surface area contributed by atoms with E-state index in [1.807, 2.05) is 26.8 Å². The molecule has 0 unspecified atom stereocenters. The molecule has 1 aliphatic carbocycles. The lowest BCUT2D eigenvalue weighted by atomic mass is 9.82. The molecule has 3 rings (SSSR count). The van der Waals surface area contributed by atoms with Gasteiger partial charge in [0.25, 0.3) is 0 Å². The predicted molar refractivity (Wildman–Crippen MR) is 131 cm³/mol. The summed E-state index contributed by atoms with van der Waals surface area (Å²) < 4.78 is 14.3. The topological polar surface area (TPSA) is 53.4 Å². The van der Waals surface area contributed by atoms with Gasteiger partial charge in [-0.15, -0.1) is 0 Å². The Kier molecular flexibility index (Phi) is 8.95. The number of hydrogen-bond donors (Lipinski definition) is 0. The van der Waals surface area contributed by atoms with Crippen molar-refractivity contribution in [3.63, 3.8) is 0 Å². The van der Waals surface area contributed by atoms with Crippen molar-refractivity contribution >= 4 is 21.9 Å². The first kappa shape index (κ1) is 25.0. The normalized spacial score (nSPS) is 19.2. The van der Waals surface area contributed by atoms with Crippen LogP contribution in [0.2, 0.25) is 0 Å². The number of ether oxygens (including phenoxy) is 2. The van der Waals surface area contributed by atoms with Crippen LogP contribution < -0.4 is 0 Å². The van der Waals surface area contributed by atoms with Crippen molar-refractivity contribution in [2.75, 3.05) is 13.2 Å². The number of halogens is 1. The molecule has 1 aromatic heterocycles. The van der Waals surface area contributed by atoms with Crippen LogP contribution in [0.5, 0.6) is 0 Å². The molecular weight excluding hydrogens is 468 g/mol. The average molecular weight is 505 g/mol. The van der Waals surface area contributed by atoms with Crippen LogP contribution in [0, 0.1) is 11.8 Å². The largest absolute Gasteiger partial charge is 0.458 e. The zero-order valence-corrected chi connectivity index (χ0v) is 21.5. The molecule has 0 N–H and O–H groups in total. The summed E-state index contributed by atoms with van der Waals surface area (Å²) in [5, 5.41) is 5.00. The molecule has 1 aliphatic rings. The Hall–Kier alpha value is -1.66. The fourth-order valence-electron chi connectivity index (χ4n) is 4.39. The molecule has 0 bridgehead atoms. The average Bonchev–Trinajstić information content (AvgIpc) is 3.04. The van der Waals surface area contributed by atoms with Crippen molar-refractivity contribution in [3.05, 3.63) is 40.5 Å². The van der Waals surface area contributed by atoms with Crippen molar-refractivity contribution in [1.82, 2.24) is 9.78 Å². The summed E-state index contributed by atoms with van der Waals surface area (Å²) in [5.41, 5.74) is 3.03. The fourth-order valence-corrected chi connectivity index (χ4v) is 5.10. The molecule has 2 aromatic rings. The van der Waals surface area contributed by atoms with Gasteiger partial charge in [0.15, 0.2) is 0 Å². The Balaban J connectivity index is 1.52. The van der Waals surface area contributed by atoms with E-state index in [2.05, 4.69) is 51.8 Å². The summed E-state index contributed by atoms with van der Waals surface area (Å²) in [4.78, 5) is 11.8. The van der Waals surface area contributed by atoms with Gasteiger partial charge in [-0.25, -0.2) is 4.79 Å². The lowest BCUT2D eigenvalue weighted by Gasteiger charge is -2.28. The van der Waals surface area contributed by atoms with Gasteiger partial charge < -0.3 is 9.47 Å². The van der Waals surface area contributed by atoms with Gasteiger partial charge in [-0.1, -0.05) is 43.7 Å². The zero-order valence-electron chi connectivity index (χ0n) is 19.9. The number of carbonyl (C=O) groups is 1. The highest BCUT2D eigenvalue weighted by Crippen LogP contribution is 2.34. The lowest BCUT2D eigenvalue weighted by molar-refractivity contribution is -0.160. The maximum atomic E-state index is 11.8. The Morgan fingerprint density at radius 3 is 2.41 bits per heavy atom. The second-order valence-corrected chi connectivity index (χ2v) is 10.7. The van der Waals surface area contributed by atoms with E-state index in [4.69, 9.17) is 14.6 Å². The molecule has 0 radical (unpaired) electrons. The first-order valence-electron chi connectivity index (χ1n) is 11.9. The van der Waals surface area contributed by atoms with Crippen LogP contribution in [-0.2, 0) is 27.2 Å². The summed E-state index contributed by atoms with van der Waals surface area (Å²) in [6.07, 6.45) is 6.73. The highest BCUT2D eigenvalue weighted by atomic mass is 79.9. The van der Waals surface area contributed by atoms with E-state index in [0.717, 1.165) is 48.0 Å². The second-order valence-electron chi connectivity index (χ2n) is 9.90. The van der Waals surface area contributed by atoms with E-state index in [0.29, 0.717) is 18.4 Å². The summed E-state index contributed by atoms with van der Waals surface area (Å²) in [5.74, 6) is 0.865. The molecule has 0 saturated heterocycles. The minimum atomic E-state index is -0.461. The Morgan fingerprint density at radius 1 is 1.12 bits per heavy atom. The van der Waals surface area contributed by atoms with E-state index < -0.39 is 5.60 Å². The predicted octanol–water partition coefficient (Wildman–Crippen LogP) is 6.43. The van der Waals surface area contributed by atoms with Crippen molar-refractivity contribution in [1.29, 1.82) is 0 Å². The third-order valence-electron chi connectivity index (χ3n) is 5.92. The SMILES string of the molecule is CCCc1c(Br)c(-c2ccccc2)nn1C[C@H]1CC[C@H](COCC(=O)OC(C)(C)C)CC1. The summed E-state index contributed by atoms with van der Waals surface area (Å²) in [6.45, 7) is 9.48. The van der Waals surface area contributed by atoms with E-state index in [1.54, 1.807) is 0 Å². The number of rotatable bonds is 9. The minimum absolute atomic E-state index is 0.0428. The van der Waals surface area contributed by atoms with Crippen LogP contribution in [0.25, 0.3) is 11.3 Å². The van der Waals surface area contributed by atoms with Crippen LogP contribution in [0.3, 0.4) is 0 Å². The van der Waals surface area contributed by atoms with Crippen LogP contribution in [0.1, 0.15) is 65.5 Å². The Labute approximate surface area is 201 Å². The number of hydrogen-bond acceptors (Lipinski definition) is 4. The molecule has 176 valence electrons. The van der Waals surface area contributed by atoms with Gasteiger partial charge in [-0.05, 0) is 80.6 Å². The van der Waals surface area contributed by atoms with E-state index in [9.17, 15) is 4.79 Å². The molecule has 1 heterocycles. The van der Waals surface area contributed by atoms with E-state index >= 15 is 0 Å². The number of carbonyl (C=O) groups excluding carboxylic acids is 1. The fraction of sp³-hybridized carbons (Fsp3) is 0.615.